The van der Waals surface area contributed by atoms with E-state index in [2.05, 4.69) is 5.16 Å². The first-order chi connectivity index (χ1) is 3.93. The molecular weight excluding hydrogens is 106 g/mol. The van der Waals surface area contributed by atoms with E-state index in [-0.39, 0.29) is 0 Å². The fourth-order valence-corrected chi connectivity index (χ4v) is 0.417. The minimum atomic E-state index is 0.486. The molecule has 0 saturated heterocycles. The molecule has 3 heteroatoms. The normalized spacial score (nSPS) is 10.5. The van der Waals surface area contributed by atoms with Gasteiger partial charge in [-0.2, -0.15) is 0 Å². The number of nitrogens with zero attached hydrogens (tertiary/aromatic N) is 1. The molecule has 8 heavy (non-hydrogen) atoms. The van der Waals surface area contributed by atoms with Gasteiger partial charge in [-0.05, 0) is 17.3 Å². The van der Waals surface area contributed by atoms with E-state index < -0.39 is 0 Å². The van der Waals surface area contributed by atoms with Crippen LogP contribution in [0.1, 0.15) is 5.76 Å². The number of hydrogen-bond acceptors (Lipinski definition) is 2. The minimum Gasteiger partial charge on any atom is -0.463 e. The zero-order valence-corrected chi connectivity index (χ0v) is 4.07. The van der Waals surface area contributed by atoms with E-state index in [4.69, 9.17) is 4.42 Å². The van der Waals surface area contributed by atoms with Gasteiger partial charge in [0, 0.05) is 0 Å². The molecule has 1 heterocycles. The lowest BCUT2D eigenvalue weighted by Crippen LogP contribution is -1.69. The average Bonchev–Trinajstić information content (AvgIpc) is 2.19. The molecule has 0 saturated carbocycles. The van der Waals surface area contributed by atoms with Crippen LogP contribution in [0.2, 0.25) is 0 Å². The first kappa shape index (κ1) is 4.90. The van der Waals surface area contributed by atoms with E-state index in [1.54, 1.807) is 12.1 Å². The van der Waals surface area contributed by atoms with Gasteiger partial charge in [-0.1, -0.05) is 0 Å². The first-order valence-corrected chi connectivity index (χ1v) is 2.12. The van der Waals surface area contributed by atoms with Crippen LogP contribution in [0, 0.1) is 0 Å². The SMILES string of the molecule is [O]N=Cc1ccco1. The lowest BCUT2D eigenvalue weighted by atomic mass is 10.5. The highest BCUT2D eigenvalue weighted by molar-refractivity contribution is 5.74. The van der Waals surface area contributed by atoms with Crippen molar-refractivity contribution in [1.82, 2.24) is 0 Å². The summed E-state index contributed by atoms with van der Waals surface area (Å²) in [5, 5.41) is 12.0. The van der Waals surface area contributed by atoms with Crippen molar-refractivity contribution < 1.29 is 9.62 Å². The highest BCUT2D eigenvalue weighted by Gasteiger charge is 1.85. The Morgan fingerprint density at radius 3 is 3.12 bits per heavy atom. The Hall–Kier alpha value is -1.25. The van der Waals surface area contributed by atoms with Gasteiger partial charge in [0.25, 0.3) is 0 Å². The monoisotopic (exact) mass is 110 g/mol. The number of rotatable bonds is 1. The molecule has 0 aliphatic rings. The van der Waals surface area contributed by atoms with Crippen LogP contribution < -0.4 is 0 Å². The molecule has 0 bridgehead atoms. The summed E-state index contributed by atoms with van der Waals surface area (Å²) in [7, 11) is 0. The fraction of sp³-hybridized carbons (Fsp3) is 0. The van der Waals surface area contributed by atoms with Crippen molar-refractivity contribution in [2.45, 2.75) is 0 Å². The predicted octanol–water partition coefficient (Wildman–Crippen LogP) is 1.04. The quantitative estimate of drug-likeness (QED) is 0.393. The van der Waals surface area contributed by atoms with Crippen molar-refractivity contribution in [3.63, 3.8) is 0 Å². The summed E-state index contributed by atoms with van der Waals surface area (Å²) in [5.74, 6) is 0.486. The first-order valence-electron chi connectivity index (χ1n) is 2.12. The van der Waals surface area contributed by atoms with Crippen LogP contribution in [0.25, 0.3) is 0 Å². The molecule has 3 nitrogen and oxygen atoms in total. The van der Waals surface area contributed by atoms with Crippen LogP contribution in [0.15, 0.2) is 28.0 Å². The summed E-state index contributed by atoms with van der Waals surface area (Å²) < 4.78 is 4.72. The van der Waals surface area contributed by atoms with Crippen molar-refractivity contribution in [2.24, 2.45) is 5.16 Å². The summed E-state index contributed by atoms with van der Waals surface area (Å²) in [6, 6.07) is 3.35. The van der Waals surface area contributed by atoms with E-state index in [1.807, 2.05) is 0 Å². The molecule has 0 aliphatic carbocycles. The molecule has 1 aromatic heterocycles. The van der Waals surface area contributed by atoms with Crippen molar-refractivity contribution >= 4 is 6.21 Å². The lowest BCUT2D eigenvalue weighted by molar-refractivity contribution is 0.211. The predicted molar refractivity (Wildman–Crippen MR) is 27.0 cm³/mol. The number of hydrogen-bond donors (Lipinski definition) is 0. The zero-order valence-electron chi connectivity index (χ0n) is 4.07. The third kappa shape index (κ3) is 0.872. The topological polar surface area (TPSA) is 45.4 Å². The lowest BCUT2D eigenvalue weighted by Gasteiger charge is -1.72. The number of furan rings is 1. The molecule has 1 rings (SSSR count). The van der Waals surface area contributed by atoms with Gasteiger partial charge in [0.2, 0.25) is 0 Å². The molecule has 0 unspecified atom stereocenters. The third-order valence-corrected chi connectivity index (χ3v) is 0.723. The summed E-state index contributed by atoms with van der Waals surface area (Å²) in [5.41, 5.74) is 0. The maximum Gasteiger partial charge on any atom is 0.148 e. The Morgan fingerprint density at radius 2 is 2.62 bits per heavy atom. The van der Waals surface area contributed by atoms with Crippen LogP contribution in [0.3, 0.4) is 0 Å². The van der Waals surface area contributed by atoms with Crippen LogP contribution in [-0.4, -0.2) is 6.21 Å². The van der Waals surface area contributed by atoms with Crippen molar-refractivity contribution in [1.29, 1.82) is 0 Å². The van der Waals surface area contributed by atoms with Crippen LogP contribution in [-0.2, 0) is 5.21 Å². The molecule has 0 spiro atoms. The Morgan fingerprint density at radius 1 is 1.75 bits per heavy atom. The van der Waals surface area contributed by atoms with E-state index in [0.717, 1.165) is 6.21 Å². The largest absolute Gasteiger partial charge is 0.463 e. The molecule has 1 radical (unpaired) electrons. The van der Waals surface area contributed by atoms with Crippen LogP contribution >= 0.6 is 0 Å². The van der Waals surface area contributed by atoms with E-state index in [1.165, 1.54) is 6.26 Å². The molecule has 0 N–H and O–H groups in total. The second-order valence-corrected chi connectivity index (χ2v) is 1.25. The summed E-state index contributed by atoms with van der Waals surface area (Å²) in [4.78, 5) is 0. The standard InChI is InChI=1S/C5H4NO2/c7-6-4-5-2-1-3-8-5/h1-4H. The van der Waals surface area contributed by atoms with Gasteiger partial charge in [-0.15, -0.1) is 5.21 Å². The summed E-state index contributed by atoms with van der Waals surface area (Å²) in [6.45, 7) is 0. The Bertz CT molecular complexity index is 167. The van der Waals surface area contributed by atoms with Gasteiger partial charge in [0.15, 0.2) is 0 Å². The highest BCUT2D eigenvalue weighted by Crippen LogP contribution is 1.93. The van der Waals surface area contributed by atoms with Gasteiger partial charge in [0.05, 0.1) is 6.26 Å². The van der Waals surface area contributed by atoms with Crippen molar-refractivity contribution in [2.75, 3.05) is 0 Å². The average molecular weight is 110 g/mol. The molecule has 0 aromatic carbocycles. The molecule has 0 fully saturated rings. The maximum atomic E-state index is 9.51. The highest BCUT2D eigenvalue weighted by atomic mass is 16.4. The Kier molecular flexibility index (Phi) is 1.32. The fourth-order valence-electron chi connectivity index (χ4n) is 0.417. The third-order valence-electron chi connectivity index (χ3n) is 0.723. The molecular formula is C5H4NO2. The zero-order chi connectivity index (χ0) is 5.82. The molecule has 0 aliphatic heterocycles. The second kappa shape index (κ2) is 2.16. The van der Waals surface area contributed by atoms with E-state index in [9.17, 15) is 5.21 Å². The molecule has 1 aromatic rings. The van der Waals surface area contributed by atoms with Gasteiger partial charge >= 0.3 is 0 Å². The molecule has 0 atom stereocenters. The second-order valence-electron chi connectivity index (χ2n) is 1.25. The summed E-state index contributed by atoms with van der Waals surface area (Å²) in [6.07, 6.45) is 2.59. The molecule has 0 amide bonds. The van der Waals surface area contributed by atoms with Crippen molar-refractivity contribution in [3.05, 3.63) is 24.2 Å². The van der Waals surface area contributed by atoms with Crippen molar-refractivity contribution in [3.8, 4) is 0 Å². The summed E-state index contributed by atoms with van der Waals surface area (Å²) >= 11 is 0. The Labute approximate surface area is 46.2 Å². The van der Waals surface area contributed by atoms with Crippen LogP contribution in [0.4, 0.5) is 0 Å². The van der Waals surface area contributed by atoms with Gasteiger partial charge < -0.3 is 4.42 Å². The van der Waals surface area contributed by atoms with E-state index in [0.29, 0.717) is 5.76 Å². The van der Waals surface area contributed by atoms with Gasteiger partial charge in [-0.25, -0.2) is 0 Å². The minimum absolute atomic E-state index is 0.486. The van der Waals surface area contributed by atoms with Gasteiger partial charge in [0.1, 0.15) is 12.0 Å². The maximum absolute atomic E-state index is 9.51. The smallest absolute Gasteiger partial charge is 0.148 e. The van der Waals surface area contributed by atoms with Crippen LogP contribution in [0.5, 0.6) is 0 Å². The van der Waals surface area contributed by atoms with E-state index >= 15 is 0 Å². The Balaban J connectivity index is 2.77. The molecule has 41 valence electrons. The van der Waals surface area contributed by atoms with Gasteiger partial charge in [-0.3, -0.25) is 0 Å².